The molecule has 5 N–H and O–H groups in total. The molecule has 9 heteroatoms. The van der Waals surface area contributed by atoms with Crippen LogP contribution in [0.3, 0.4) is 0 Å². The second kappa shape index (κ2) is 12.0. The van der Waals surface area contributed by atoms with Crippen molar-refractivity contribution in [1.29, 1.82) is 0 Å². The first-order valence-electron chi connectivity index (χ1n) is 13.6. The van der Waals surface area contributed by atoms with Gasteiger partial charge in [0.15, 0.2) is 5.82 Å². The molecule has 0 radical (unpaired) electrons. The highest BCUT2D eigenvalue weighted by atomic mass is 35.5. The third kappa shape index (κ3) is 6.25. The zero-order chi connectivity index (χ0) is 27.5. The van der Waals surface area contributed by atoms with Crippen LogP contribution in [-0.4, -0.2) is 39.8 Å². The Labute approximate surface area is 232 Å². The van der Waals surface area contributed by atoms with E-state index in [1.807, 2.05) is 19.1 Å². The first-order chi connectivity index (χ1) is 18.8. The first-order valence-corrected chi connectivity index (χ1v) is 14.0. The molecule has 39 heavy (non-hydrogen) atoms. The van der Waals surface area contributed by atoms with Crippen molar-refractivity contribution in [3.63, 3.8) is 0 Å². The topological polar surface area (TPSA) is 112 Å². The van der Waals surface area contributed by atoms with Crippen molar-refractivity contribution in [3.05, 3.63) is 81.1 Å². The van der Waals surface area contributed by atoms with E-state index < -0.39 is 11.5 Å². The smallest absolute Gasteiger partial charge is 0.354 e. The van der Waals surface area contributed by atoms with Gasteiger partial charge in [0.1, 0.15) is 5.65 Å². The minimum Gasteiger partial charge on any atom is -0.378 e. The molecule has 3 heterocycles. The molecule has 0 unspecified atom stereocenters. The van der Waals surface area contributed by atoms with Gasteiger partial charge in [-0.3, -0.25) is 4.57 Å². The zero-order valence-electron chi connectivity index (χ0n) is 22.1. The van der Waals surface area contributed by atoms with Gasteiger partial charge in [-0.1, -0.05) is 23.7 Å². The first kappa shape index (κ1) is 27.5. The van der Waals surface area contributed by atoms with Crippen molar-refractivity contribution in [2.24, 2.45) is 11.5 Å². The Balaban J connectivity index is 1.41. The molecule has 1 fully saturated rings. The summed E-state index contributed by atoms with van der Waals surface area (Å²) in [5.41, 5.74) is 15.3. The summed E-state index contributed by atoms with van der Waals surface area (Å²) in [6.07, 6.45) is 7.21. The van der Waals surface area contributed by atoms with Crippen molar-refractivity contribution in [1.82, 2.24) is 14.5 Å². The number of hydrogen-bond donors (Lipinski definition) is 3. The zero-order valence-corrected chi connectivity index (χ0v) is 22.9. The third-order valence-corrected chi connectivity index (χ3v) is 7.78. The molecule has 1 aliphatic heterocycles. The van der Waals surface area contributed by atoms with E-state index in [1.54, 1.807) is 24.4 Å². The van der Waals surface area contributed by atoms with Gasteiger partial charge in [-0.2, -0.15) is 4.98 Å². The molecule has 2 aromatic carbocycles. The number of rotatable bonds is 9. The molecular weight excluding hydrogens is 517 g/mol. The fourth-order valence-corrected chi connectivity index (χ4v) is 5.66. The average molecular weight is 552 g/mol. The lowest BCUT2D eigenvalue weighted by Crippen LogP contribution is -2.26. The minimum atomic E-state index is -0.508. The summed E-state index contributed by atoms with van der Waals surface area (Å²) in [4.78, 5) is 20.3. The Morgan fingerprint density at radius 3 is 2.79 bits per heavy atom. The summed E-state index contributed by atoms with van der Waals surface area (Å²) in [6, 6.07) is 13.4. The van der Waals surface area contributed by atoms with E-state index in [2.05, 4.69) is 22.1 Å². The summed E-state index contributed by atoms with van der Waals surface area (Å²) in [6.45, 7) is 3.32. The number of H-pyrrole nitrogens is 1. The molecule has 0 aliphatic carbocycles. The number of hydrogen-bond acceptors (Lipinski definition) is 5. The van der Waals surface area contributed by atoms with E-state index >= 15 is 4.39 Å². The molecule has 206 valence electrons. The molecule has 4 aromatic rings. The predicted octanol–water partition coefficient (Wildman–Crippen LogP) is 5.45. The predicted molar refractivity (Wildman–Crippen MR) is 154 cm³/mol. The van der Waals surface area contributed by atoms with E-state index in [0.717, 1.165) is 56.4 Å². The lowest BCUT2D eigenvalue weighted by molar-refractivity contribution is 0.00348. The maximum Gasteiger partial charge on any atom is 0.354 e. The molecule has 5 rings (SSSR count). The van der Waals surface area contributed by atoms with Crippen molar-refractivity contribution in [3.8, 4) is 16.9 Å². The molecule has 1 aliphatic rings. The fraction of sp³-hybridized carbons (Fsp3) is 0.400. The molecule has 0 saturated carbocycles. The van der Waals surface area contributed by atoms with E-state index in [0.29, 0.717) is 34.8 Å². The Bertz CT molecular complexity index is 1500. The van der Waals surface area contributed by atoms with E-state index in [-0.39, 0.29) is 17.2 Å². The minimum absolute atomic E-state index is 0.0634. The van der Waals surface area contributed by atoms with E-state index in [4.69, 9.17) is 27.8 Å². The SMILES string of the molecule is C[C@H](N)CCCc1cc(Cl)c(F)c(-c2cc3cn(-c4ccc([C@H]5CCO[C@H](CCN)C5)cc4)c(=O)nc3[nH]2)c1. The van der Waals surface area contributed by atoms with Crippen LogP contribution in [0, 0.1) is 5.82 Å². The number of nitrogens with two attached hydrogens (primary N) is 2. The van der Waals surface area contributed by atoms with Gasteiger partial charge in [0.05, 0.1) is 22.5 Å². The highest BCUT2D eigenvalue weighted by Crippen LogP contribution is 2.33. The standard InChI is InChI=1S/C30H35ClFN5O2/c1-18(34)3-2-4-19-13-25(28(32)26(31)14-19)27-16-22-17-37(30(38)36-29(22)35-27)23-7-5-20(6-8-23)21-10-12-39-24(15-21)9-11-33/h5-8,13-14,16-18,21,24H,2-4,9-12,15,33-34H2,1H3,(H,35,36,38)/t18-,21-,24+/m0/s1. The van der Waals surface area contributed by atoms with Gasteiger partial charge in [0, 0.05) is 29.8 Å². The maximum absolute atomic E-state index is 15.1. The van der Waals surface area contributed by atoms with E-state index in [1.165, 1.54) is 10.1 Å². The Morgan fingerprint density at radius 1 is 1.26 bits per heavy atom. The Morgan fingerprint density at radius 2 is 2.05 bits per heavy atom. The number of nitrogens with zero attached hydrogens (tertiary/aromatic N) is 2. The highest BCUT2D eigenvalue weighted by Gasteiger charge is 2.23. The van der Waals surface area contributed by atoms with E-state index in [9.17, 15) is 4.79 Å². The number of benzene rings is 2. The van der Waals surface area contributed by atoms with Crippen molar-refractivity contribution < 1.29 is 9.13 Å². The number of aromatic amines is 1. The number of nitrogens with one attached hydrogen (secondary N) is 1. The third-order valence-electron chi connectivity index (χ3n) is 7.51. The number of fused-ring (bicyclic) bond motifs is 1. The summed E-state index contributed by atoms with van der Waals surface area (Å²) in [5, 5.41) is 0.758. The molecular formula is C30H35ClFN5O2. The molecule has 2 aromatic heterocycles. The molecule has 0 bridgehead atoms. The number of aryl methyl sites for hydroxylation is 1. The quantitative estimate of drug-likeness (QED) is 0.256. The van der Waals surface area contributed by atoms with Crippen LogP contribution in [0.15, 0.2) is 53.5 Å². The van der Waals surface area contributed by atoms with Gasteiger partial charge < -0.3 is 21.2 Å². The van der Waals surface area contributed by atoms with Crippen LogP contribution in [0.4, 0.5) is 4.39 Å². The Kier molecular flexibility index (Phi) is 8.47. The van der Waals surface area contributed by atoms with Gasteiger partial charge in [-0.25, -0.2) is 9.18 Å². The van der Waals surface area contributed by atoms with Crippen LogP contribution in [0.2, 0.25) is 5.02 Å². The van der Waals surface area contributed by atoms with Crippen LogP contribution >= 0.6 is 11.6 Å². The molecule has 1 saturated heterocycles. The van der Waals surface area contributed by atoms with Crippen LogP contribution in [0.25, 0.3) is 28.0 Å². The van der Waals surface area contributed by atoms with Crippen molar-refractivity contribution in [2.45, 2.75) is 63.5 Å². The van der Waals surface area contributed by atoms with Crippen molar-refractivity contribution in [2.75, 3.05) is 13.2 Å². The van der Waals surface area contributed by atoms with Crippen LogP contribution in [0.5, 0.6) is 0 Å². The van der Waals surface area contributed by atoms with Gasteiger partial charge in [-0.15, -0.1) is 0 Å². The lowest BCUT2D eigenvalue weighted by Gasteiger charge is -2.29. The fourth-order valence-electron chi connectivity index (χ4n) is 5.42. The number of halogens is 2. The van der Waals surface area contributed by atoms with Crippen LogP contribution < -0.4 is 17.2 Å². The average Bonchev–Trinajstić information content (AvgIpc) is 3.33. The van der Waals surface area contributed by atoms with Crippen LogP contribution in [0.1, 0.15) is 56.1 Å². The normalized spacial score (nSPS) is 18.5. The summed E-state index contributed by atoms with van der Waals surface area (Å²) in [5.74, 6) is -0.100. The second-order valence-corrected chi connectivity index (χ2v) is 11.0. The van der Waals surface area contributed by atoms with Crippen LogP contribution in [-0.2, 0) is 11.2 Å². The second-order valence-electron chi connectivity index (χ2n) is 10.6. The van der Waals surface area contributed by atoms with Gasteiger partial charge in [0.2, 0.25) is 0 Å². The summed E-state index contributed by atoms with van der Waals surface area (Å²) < 4.78 is 22.4. The van der Waals surface area contributed by atoms with Crippen molar-refractivity contribution >= 4 is 22.6 Å². The Hall–Kier alpha value is -3.04. The summed E-state index contributed by atoms with van der Waals surface area (Å²) in [7, 11) is 0. The lowest BCUT2D eigenvalue weighted by atomic mass is 9.87. The molecule has 0 spiro atoms. The number of aromatic nitrogens is 3. The van der Waals surface area contributed by atoms with Gasteiger partial charge in [0.25, 0.3) is 0 Å². The molecule has 0 amide bonds. The largest absolute Gasteiger partial charge is 0.378 e. The highest BCUT2D eigenvalue weighted by molar-refractivity contribution is 6.31. The molecule has 3 atom stereocenters. The van der Waals surface area contributed by atoms with Gasteiger partial charge >= 0.3 is 5.69 Å². The molecule has 7 nitrogen and oxygen atoms in total. The van der Waals surface area contributed by atoms with Gasteiger partial charge in [-0.05, 0) is 99.4 Å². The summed E-state index contributed by atoms with van der Waals surface area (Å²) >= 11 is 6.24. The maximum atomic E-state index is 15.1. The number of ether oxygens (including phenoxy) is 1. The monoisotopic (exact) mass is 551 g/mol.